The predicted molar refractivity (Wildman–Crippen MR) is 109 cm³/mol. The highest BCUT2D eigenvalue weighted by molar-refractivity contribution is 7.91. The minimum Gasteiger partial charge on any atom is -0.296 e. The fourth-order valence-corrected chi connectivity index (χ4v) is 4.77. The number of sulfonamides is 1. The highest BCUT2D eigenvalue weighted by atomic mass is 32.2. The van der Waals surface area contributed by atoms with E-state index in [2.05, 4.69) is 20.2 Å². The predicted octanol–water partition coefficient (Wildman–Crippen LogP) is 3.53. The van der Waals surface area contributed by atoms with Gasteiger partial charge in [-0.05, 0) is 31.0 Å². The van der Waals surface area contributed by atoms with Crippen molar-refractivity contribution in [2.24, 2.45) is 0 Å². The van der Waals surface area contributed by atoms with Crippen molar-refractivity contribution in [1.82, 2.24) is 14.9 Å². The molecule has 0 saturated carbocycles. The van der Waals surface area contributed by atoms with Crippen LogP contribution in [0.4, 0.5) is 5.13 Å². The van der Waals surface area contributed by atoms with E-state index in [4.69, 9.17) is 0 Å². The monoisotopic (exact) mass is 416 g/mol. The van der Waals surface area contributed by atoms with Crippen LogP contribution >= 0.6 is 11.3 Å². The van der Waals surface area contributed by atoms with Crippen molar-refractivity contribution in [2.45, 2.75) is 30.6 Å². The summed E-state index contributed by atoms with van der Waals surface area (Å²) in [5, 5.41) is 10.2. The second-order valence-electron chi connectivity index (χ2n) is 6.19. The Balaban J connectivity index is 1.73. The summed E-state index contributed by atoms with van der Waals surface area (Å²) in [7, 11) is -3.86. The molecule has 3 rings (SSSR count). The molecule has 0 aliphatic heterocycles. The van der Waals surface area contributed by atoms with Crippen molar-refractivity contribution in [3.05, 3.63) is 71.3 Å². The molecule has 0 radical (unpaired) electrons. The zero-order valence-electron chi connectivity index (χ0n) is 15.4. The van der Waals surface area contributed by atoms with E-state index in [-0.39, 0.29) is 21.4 Å². The SMILES string of the molecule is CCC(NS(=O)(=O)c1nnc(NC(=O)c2ccc(C)cc2)s1)c1ccccc1. The van der Waals surface area contributed by atoms with Crippen LogP contribution < -0.4 is 10.0 Å². The van der Waals surface area contributed by atoms with Gasteiger partial charge in [-0.1, -0.05) is 66.3 Å². The summed E-state index contributed by atoms with van der Waals surface area (Å²) in [6.45, 7) is 3.82. The maximum absolute atomic E-state index is 12.7. The van der Waals surface area contributed by atoms with Crippen molar-refractivity contribution in [1.29, 1.82) is 0 Å². The third-order valence-electron chi connectivity index (χ3n) is 4.08. The highest BCUT2D eigenvalue weighted by Crippen LogP contribution is 2.24. The van der Waals surface area contributed by atoms with Crippen molar-refractivity contribution < 1.29 is 13.2 Å². The number of carbonyl (C=O) groups is 1. The number of nitrogens with zero attached hydrogens (tertiary/aromatic N) is 2. The van der Waals surface area contributed by atoms with Gasteiger partial charge in [0.05, 0.1) is 0 Å². The Morgan fingerprint density at radius 1 is 1.07 bits per heavy atom. The standard InChI is InChI=1S/C19H20N4O3S2/c1-3-16(14-7-5-4-6-8-14)23-28(25,26)19-22-21-18(27-19)20-17(24)15-11-9-13(2)10-12-15/h4-12,16,23H,3H2,1-2H3,(H,20,21,24). The molecule has 0 aliphatic rings. The molecule has 0 bridgehead atoms. The number of rotatable bonds is 7. The van der Waals surface area contributed by atoms with Crippen molar-refractivity contribution in [2.75, 3.05) is 5.32 Å². The van der Waals surface area contributed by atoms with Gasteiger partial charge in [0.25, 0.3) is 15.9 Å². The summed E-state index contributed by atoms with van der Waals surface area (Å²) in [6.07, 6.45) is 0.582. The van der Waals surface area contributed by atoms with Gasteiger partial charge in [0.15, 0.2) is 0 Å². The first-order chi connectivity index (χ1) is 13.4. The van der Waals surface area contributed by atoms with Crippen LogP contribution in [0.5, 0.6) is 0 Å². The van der Waals surface area contributed by atoms with Crippen LogP contribution in [0.3, 0.4) is 0 Å². The Morgan fingerprint density at radius 3 is 2.39 bits per heavy atom. The van der Waals surface area contributed by atoms with Crippen LogP contribution in [0.15, 0.2) is 58.9 Å². The van der Waals surface area contributed by atoms with Gasteiger partial charge in [0, 0.05) is 11.6 Å². The maximum Gasteiger partial charge on any atom is 0.270 e. The average Bonchev–Trinajstić information content (AvgIpc) is 3.17. The molecule has 0 saturated heterocycles. The first kappa shape index (κ1) is 20.1. The number of benzene rings is 2. The van der Waals surface area contributed by atoms with E-state index in [0.717, 1.165) is 22.5 Å². The first-order valence-corrected chi connectivity index (χ1v) is 11.0. The molecule has 1 aromatic heterocycles. The molecule has 0 aliphatic carbocycles. The Bertz CT molecular complexity index is 1050. The van der Waals surface area contributed by atoms with E-state index in [1.807, 2.05) is 56.3 Å². The van der Waals surface area contributed by atoms with Crippen LogP contribution in [-0.2, 0) is 10.0 Å². The number of aryl methyl sites for hydroxylation is 1. The summed E-state index contributed by atoms with van der Waals surface area (Å²) >= 11 is 0.809. The fraction of sp³-hybridized carbons (Fsp3) is 0.211. The molecule has 1 heterocycles. The van der Waals surface area contributed by atoms with Crippen LogP contribution in [0.1, 0.15) is 40.9 Å². The summed E-state index contributed by atoms with van der Waals surface area (Å²) in [5.41, 5.74) is 2.36. The second-order valence-corrected chi connectivity index (χ2v) is 9.05. The largest absolute Gasteiger partial charge is 0.296 e. The van der Waals surface area contributed by atoms with Crippen molar-refractivity contribution in [3.63, 3.8) is 0 Å². The van der Waals surface area contributed by atoms with Gasteiger partial charge < -0.3 is 0 Å². The van der Waals surface area contributed by atoms with Crippen LogP contribution in [-0.4, -0.2) is 24.5 Å². The number of carbonyl (C=O) groups excluding carboxylic acids is 1. The van der Waals surface area contributed by atoms with Crippen LogP contribution in [0, 0.1) is 6.92 Å². The number of aromatic nitrogens is 2. The van der Waals surface area contributed by atoms with Gasteiger partial charge in [-0.25, -0.2) is 13.1 Å². The summed E-state index contributed by atoms with van der Waals surface area (Å²) in [5.74, 6) is -0.372. The van der Waals surface area contributed by atoms with Crippen LogP contribution in [0.25, 0.3) is 0 Å². The van der Waals surface area contributed by atoms with E-state index < -0.39 is 10.0 Å². The number of nitrogens with one attached hydrogen (secondary N) is 2. The highest BCUT2D eigenvalue weighted by Gasteiger charge is 2.25. The summed E-state index contributed by atoms with van der Waals surface area (Å²) in [4.78, 5) is 12.3. The van der Waals surface area contributed by atoms with Gasteiger partial charge in [-0.15, -0.1) is 10.2 Å². The lowest BCUT2D eigenvalue weighted by Crippen LogP contribution is -2.28. The molecule has 146 valence electrons. The molecule has 28 heavy (non-hydrogen) atoms. The van der Waals surface area contributed by atoms with Gasteiger partial charge in [-0.3, -0.25) is 10.1 Å². The van der Waals surface area contributed by atoms with Gasteiger partial charge >= 0.3 is 0 Å². The minimum absolute atomic E-state index is 0.124. The fourth-order valence-electron chi connectivity index (χ4n) is 2.55. The molecule has 0 fully saturated rings. The van der Waals surface area contributed by atoms with E-state index in [9.17, 15) is 13.2 Å². The van der Waals surface area contributed by atoms with E-state index >= 15 is 0 Å². The molecule has 1 unspecified atom stereocenters. The van der Waals surface area contributed by atoms with E-state index in [0.29, 0.717) is 12.0 Å². The Labute approximate surface area is 167 Å². The Morgan fingerprint density at radius 2 is 1.75 bits per heavy atom. The number of hydrogen-bond acceptors (Lipinski definition) is 6. The van der Waals surface area contributed by atoms with Crippen LogP contribution in [0.2, 0.25) is 0 Å². The Kier molecular flexibility index (Phi) is 6.18. The molecule has 2 aromatic carbocycles. The lowest BCUT2D eigenvalue weighted by Gasteiger charge is -2.16. The molecule has 9 heteroatoms. The van der Waals surface area contributed by atoms with Gasteiger partial charge in [0.2, 0.25) is 9.47 Å². The zero-order chi connectivity index (χ0) is 20.1. The number of hydrogen-bond donors (Lipinski definition) is 2. The number of anilines is 1. The first-order valence-electron chi connectivity index (χ1n) is 8.68. The Hall–Kier alpha value is -2.62. The molecule has 2 N–H and O–H groups in total. The van der Waals surface area contributed by atoms with Crippen molar-refractivity contribution >= 4 is 32.4 Å². The topological polar surface area (TPSA) is 101 Å². The molecular formula is C19H20N4O3S2. The van der Waals surface area contributed by atoms with Gasteiger partial charge in [-0.2, -0.15) is 0 Å². The lowest BCUT2D eigenvalue weighted by atomic mass is 10.1. The normalized spacial score (nSPS) is 12.5. The van der Waals surface area contributed by atoms with Crippen molar-refractivity contribution in [3.8, 4) is 0 Å². The summed E-state index contributed by atoms with van der Waals surface area (Å²) in [6, 6.07) is 16.0. The molecule has 3 aromatic rings. The molecule has 1 atom stereocenters. The third-order valence-corrected chi connectivity index (χ3v) is 6.76. The average molecular weight is 417 g/mol. The molecule has 0 spiro atoms. The maximum atomic E-state index is 12.7. The third kappa shape index (κ3) is 4.80. The summed E-state index contributed by atoms with van der Waals surface area (Å²) < 4.78 is 27.8. The zero-order valence-corrected chi connectivity index (χ0v) is 17.0. The smallest absolute Gasteiger partial charge is 0.270 e. The molecule has 7 nitrogen and oxygen atoms in total. The van der Waals surface area contributed by atoms with E-state index in [1.54, 1.807) is 12.1 Å². The number of amides is 1. The lowest BCUT2D eigenvalue weighted by molar-refractivity contribution is 0.102. The minimum atomic E-state index is -3.86. The quantitative estimate of drug-likeness (QED) is 0.574. The molecular weight excluding hydrogens is 396 g/mol. The van der Waals surface area contributed by atoms with Gasteiger partial charge in [0.1, 0.15) is 0 Å². The molecule has 1 amide bonds. The second kappa shape index (κ2) is 8.59. The van der Waals surface area contributed by atoms with E-state index in [1.165, 1.54) is 0 Å².